The average Bonchev–Trinajstić information content (AvgIpc) is 3.37. The van der Waals surface area contributed by atoms with Crippen molar-refractivity contribution in [2.45, 2.75) is 301 Å². The number of hydrogen-bond donors (Lipinski definition) is 6. The topological polar surface area (TPSA) is 175 Å². The zero-order valence-electron chi connectivity index (χ0n) is 45.4. The van der Waals surface area contributed by atoms with Gasteiger partial charge in [-0.05, 0) is 83.5 Å². The summed E-state index contributed by atoms with van der Waals surface area (Å²) in [5.41, 5.74) is 0. The molecule has 1 fully saturated rings. The van der Waals surface area contributed by atoms with Gasteiger partial charge >= 0.3 is 5.97 Å². The molecule has 0 bridgehead atoms. The van der Waals surface area contributed by atoms with E-state index in [9.17, 15) is 35.1 Å². The Balaban J connectivity index is 2.19. The summed E-state index contributed by atoms with van der Waals surface area (Å²) in [5, 5.41) is 54.4. The predicted octanol–water partition coefficient (Wildman–Crippen LogP) is 13.3. The third-order valence-electron chi connectivity index (χ3n) is 13.7. The van der Waals surface area contributed by atoms with Crippen LogP contribution in [0, 0.1) is 0 Å². The molecule has 6 N–H and O–H groups in total. The summed E-state index contributed by atoms with van der Waals surface area (Å²) < 4.78 is 16.7. The minimum Gasteiger partial charge on any atom is -0.466 e. The number of amides is 1. The first kappa shape index (κ1) is 66.6. The molecule has 0 saturated carbocycles. The van der Waals surface area contributed by atoms with E-state index in [1.807, 2.05) is 6.08 Å². The number of carbonyl (C=O) groups excluding carboxylic acids is 2. The standard InChI is InChI=1S/C60H109NO10/c1-3-5-7-9-11-13-15-16-20-23-27-30-34-38-42-46-53(63)52(51-70-60-59(68)58(67)57(66)54(50-62)71-60)61-55(64)47-43-39-35-31-28-24-21-18-17-19-22-25-29-33-37-41-45-49-69-56(65)48-44-40-36-32-26-14-12-10-8-6-4-2/h17,19,25,27,29-30,42,46,52-54,57-60,62-63,66-68H,3-16,18,20-24,26,28,31-41,43-45,47-51H2,1-2H3,(H,61,64)/b19-17-,29-25-,30-27+,46-42+. The number of aliphatic hydroxyl groups is 5. The number of hydrogen-bond acceptors (Lipinski definition) is 10. The summed E-state index contributed by atoms with van der Waals surface area (Å²) in [6, 6.07) is -0.840. The highest BCUT2D eigenvalue weighted by Crippen LogP contribution is 2.23. The molecule has 0 radical (unpaired) electrons. The Labute approximate surface area is 434 Å². The fourth-order valence-electron chi connectivity index (χ4n) is 8.95. The van der Waals surface area contributed by atoms with Crippen molar-refractivity contribution >= 4 is 11.9 Å². The maximum Gasteiger partial charge on any atom is 0.305 e. The lowest BCUT2D eigenvalue weighted by Gasteiger charge is -2.40. The van der Waals surface area contributed by atoms with Crippen LogP contribution in [0.3, 0.4) is 0 Å². The third kappa shape index (κ3) is 39.7. The lowest BCUT2D eigenvalue weighted by atomic mass is 9.99. The minimum atomic E-state index is -1.58. The van der Waals surface area contributed by atoms with E-state index in [0.717, 1.165) is 96.3 Å². The van der Waals surface area contributed by atoms with Crippen molar-refractivity contribution in [1.82, 2.24) is 5.32 Å². The van der Waals surface area contributed by atoms with Crippen LogP contribution in [0.2, 0.25) is 0 Å². The molecule has 0 aliphatic carbocycles. The number of nitrogens with one attached hydrogen (secondary N) is 1. The van der Waals surface area contributed by atoms with Crippen LogP contribution in [0.15, 0.2) is 48.6 Å². The molecule has 1 heterocycles. The highest BCUT2D eigenvalue weighted by molar-refractivity contribution is 5.76. The maximum atomic E-state index is 13.0. The maximum absolute atomic E-state index is 13.0. The summed E-state index contributed by atoms with van der Waals surface area (Å²) >= 11 is 0. The Morgan fingerprint density at radius 1 is 0.521 bits per heavy atom. The number of rotatable bonds is 50. The second-order valence-corrected chi connectivity index (χ2v) is 20.3. The van der Waals surface area contributed by atoms with Crippen molar-refractivity contribution in [3.8, 4) is 0 Å². The molecule has 1 rings (SSSR count). The largest absolute Gasteiger partial charge is 0.466 e. The smallest absolute Gasteiger partial charge is 0.305 e. The Kier molecular flexibility index (Phi) is 46.7. The molecule has 0 aromatic heterocycles. The Morgan fingerprint density at radius 3 is 1.48 bits per heavy atom. The minimum absolute atomic E-state index is 0.0337. The summed E-state index contributed by atoms with van der Waals surface area (Å²) in [6.45, 7) is 4.26. The first-order valence-corrected chi connectivity index (χ1v) is 29.4. The number of allylic oxidation sites excluding steroid dienone is 7. The van der Waals surface area contributed by atoms with Crippen molar-refractivity contribution in [2.75, 3.05) is 19.8 Å². The molecule has 0 spiro atoms. The normalized spacial score (nSPS) is 19.5. The van der Waals surface area contributed by atoms with Gasteiger partial charge < -0.3 is 45.1 Å². The van der Waals surface area contributed by atoms with E-state index in [1.54, 1.807) is 6.08 Å². The Morgan fingerprint density at radius 2 is 0.958 bits per heavy atom. The van der Waals surface area contributed by atoms with E-state index in [2.05, 4.69) is 55.6 Å². The Hall–Kier alpha value is -2.38. The van der Waals surface area contributed by atoms with E-state index in [4.69, 9.17) is 14.2 Å². The van der Waals surface area contributed by atoms with Crippen LogP contribution in [0.1, 0.15) is 258 Å². The first-order valence-electron chi connectivity index (χ1n) is 29.4. The van der Waals surface area contributed by atoms with Gasteiger partial charge in [0.2, 0.25) is 5.91 Å². The third-order valence-corrected chi connectivity index (χ3v) is 13.7. The van der Waals surface area contributed by atoms with Crippen LogP contribution in [-0.2, 0) is 23.8 Å². The van der Waals surface area contributed by atoms with Crippen molar-refractivity contribution in [3.63, 3.8) is 0 Å². The molecule has 7 unspecified atom stereocenters. The molecular formula is C60H109NO10. The van der Waals surface area contributed by atoms with Crippen LogP contribution < -0.4 is 5.32 Å². The average molecular weight is 1000 g/mol. The molecule has 0 aromatic rings. The number of aliphatic hydroxyl groups excluding tert-OH is 5. The molecule has 1 saturated heterocycles. The van der Waals surface area contributed by atoms with Crippen molar-refractivity contribution in [1.29, 1.82) is 0 Å². The lowest BCUT2D eigenvalue weighted by Crippen LogP contribution is -2.60. The highest BCUT2D eigenvalue weighted by atomic mass is 16.7. The summed E-state index contributed by atoms with van der Waals surface area (Å²) in [7, 11) is 0. The van der Waals surface area contributed by atoms with Gasteiger partial charge in [0.15, 0.2) is 6.29 Å². The SMILES string of the molecule is CCCCCCCCCCC/C=C/CC/C=C/C(O)C(COC1OC(CO)C(O)C(O)C1O)NC(=O)CCCCCCCCC/C=C\C/C=C\CCCCCOC(=O)CCCCCCCCCCCCC. The van der Waals surface area contributed by atoms with Gasteiger partial charge in [-0.15, -0.1) is 0 Å². The molecule has 0 aromatic carbocycles. The number of ether oxygens (including phenoxy) is 3. The number of carbonyl (C=O) groups is 2. The van der Waals surface area contributed by atoms with Crippen LogP contribution in [0.4, 0.5) is 0 Å². The second-order valence-electron chi connectivity index (χ2n) is 20.3. The van der Waals surface area contributed by atoms with E-state index in [0.29, 0.717) is 19.4 Å². The van der Waals surface area contributed by atoms with Gasteiger partial charge in [-0.2, -0.15) is 0 Å². The number of unbranched alkanes of at least 4 members (excludes halogenated alkanes) is 30. The van der Waals surface area contributed by atoms with Gasteiger partial charge in [0.1, 0.15) is 24.4 Å². The highest BCUT2D eigenvalue weighted by Gasteiger charge is 2.44. The van der Waals surface area contributed by atoms with Crippen molar-refractivity contribution in [2.24, 2.45) is 0 Å². The van der Waals surface area contributed by atoms with Crippen molar-refractivity contribution < 1.29 is 49.3 Å². The number of esters is 1. The van der Waals surface area contributed by atoms with Crippen LogP contribution in [0.25, 0.3) is 0 Å². The molecule has 414 valence electrons. The van der Waals surface area contributed by atoms with Crippen molar-refractivity contribution in [3.05, 3.63) is 48.6 Å². The van der Waals surface area contributed by atoms with Crippen LogP contribution in [-0.4, -0.2) is 100 Å². The molecule has 71 heavy (non-hydrogen) atoms. The fourth-order valence-corrected chi connectivity index (χ4v) is 8.95. The second kappa shape index (κ2) is 49.8. The molecule has 11 nitrogen and oxygen atoms in total. The molecule has 7 atom stereocenters. The van der Waals surface area contributed by atoms with Gasteiger partial charge in [0, 0.05) is 12.8 Å². The van der Waals surface area contributed by atoms with Crippen LogP contribution >= 0.6 is 0 Å². The monoisotopic (exact) mass is 1000 g/mol. The fraction of sp³-hybridized carbons (Fsp3) is 0.833. The Bertz CT molecular complexity index is 1320. The van der Waals surface area contributed by atoms with Gasteiger partial charge in [-0.3, -0.25) is 9.59 Å². The van der Waals surface area contributed by atoms with Gasteiger partial charge in [0.25, 0.3) is 0 Å². The first-order chi connectivity index (χ1) is 34.7. The zero-order chi connectivity index (χ0) is 51.7. The summed E-state index contributed by atoms with van der Waals surface area (Å²) in [5.74, 6) is -0.242. The summed E-state index contributed by atoms with van der Waals surface area (Å²) in [4.78, 5) is 25.0. The predicted molar refractivity (Wildman–Crippen MR) is 292 cm³/mol. The van der Waals surface area contributed by atoms with Gasteiger partial charge in [-0.1, -0.05) is 210 Å². The van der Waals surface area contributed by atoms with E-state index < -0.39 is 49.5 Å². The van der Waals surface area contributed by atoms with E-state index in [-0.39, 0.29) is 18.5 Å². The van der Waals surface area contributed by atoms with E-state index in [1.165, 1.54) is 135 Å². The molecule has 1 aliphatic heterocycles. The van der Waals surface area contributed by atoms with E-state index >= 15 is 0 Å². The molecule has 1 aliphatic rings. The van der Waals surface area contributed by atoms with Gasteiger partial charge in [-0.25, -0.2) is 0 Å². The zero-order valence-corrected chi connectivity index (χ0v) is 45.4. The lowest BCUT2D eigenvalue weighted by molar-refractivity contribution is -0.302. The van der Waals surface area contributed by atoms with Crippen LogP contribution in [0.5, 0.6) is 0 Å². The quantitative estimate of drug-likeness (QED) is 0.0195. The molecule has 1 amide bonds. The molecule has 11 heteroatoms. The van der Waals surface area contributed by atoms with Gasteiger partial charge in [0.05, 0.1) is 32.0 Å². The molecular weight excluding hydrogens is 895 g/mol. The summed E-state index contributed by atoms with van der Waals surface area (Å²) in [6.07, 6.45) is 51.9.